The van der Waals surface area contributed by atoms with Crippen LogP contribution in [0.2, 0.25) is 0 Å². The van der Waals surface area contributed by atoms with Crippen LogP contribution in [0.3, 0.4) is 0 Å². The highest BCUT2D eigenvalue weighted by Gasteiger charge is 2.47. The summed E-state index contributed by atoms with van der Waals surface area (Å²) in [6.07, 6.45) is 2.38. The first-order chi connectivity index (χ1) is 15.6. The van der Waals surface area contributed by atoms with Gasteiger partial charge in [-0.3, -0.25) is 14.5 Å². The van der Waals surface area contributed by atoms with Crippen molar-refractivity contribution in [3.63, 3.8) is 0 Å². The van der Waals surface area contributed by atoms with Crippen LogP contribution in [0, 0.1) is 0 Å². The molecule has 170 valence electrons. The van der Waals surface area contributed by atoms with Gasteiger partial charge in [0.15, 0.2) is 0 Å². The molecule has 8 nitrogen and oxygen atoms in total. The summed E-state index contributed by atoms with van der Waals surface area (Å²) in [5, 5.41) is 11.0. The Labute approximate surface area is 187 Å². The van der Waals surface area contributed by atoms with Crippen LogP contribution in [0.4, 0.5) is 0 Å². The second kappa shape index (κ2) is 10.0. The zero-order valence-electron chi connectivity index (χ0n) is 18.2. The first-order valence-electron chi connectivity index (χ1n) is 10.9. The summed E-state index contributed by atoms with van der Waals surface area (Å²) >= 11 is 0. The number of furan rings is 1. The predicted molar refractivity (Wildman–Crippen MR) is 117 cm³/mol. The number of amides is 1. The van der Waals surface area contributed by atoms with Crippen LogP contribution >= 0.6 is 0 Å². The molecule has 2 saturated heterocycles. The average molecular weight is 440 g/mol. The highest BCUT2D eigenvalue weighted by Crippen LogP contribution is 2.39. The van der Waals surface area contributed by atoms with Crippen LogP contribution < -0.4 is 4.74 Å². The van der Waals surface area contributed by atoms with Crippen LogP contribution in [0.1, 0.15) is 30.7 Å². The summed E-state index contributed by atoms with van der Waals surface area (Å²) < 4.78 is 16.5. The van der Waals surface area contributed by atoms with Crippen LogP contribution in [0.15, 0.2) is 52.7 Å². The minimum Gasteiger partial charge on any atom is -0.507 e. The molecule has 0 unspecified atom stereocenters. The van der Waals surface area contributed by atoms with E-state index < -0.39 is 17.7 Å². The lowest BCUT2D eigenvalue weighted by atomic mass is 9.99. The van der Waals surface area contributed by atoms with Gasteiger partial charge in [-0.25, -0.2) is 0 Å². The van der Waals surface area contributed by atoms with Crippen molar-refractivity contribution in [2.45, 2.75) is 19.4 Å². The number of ketones is 1. The fourth-order valence-corrected chi connectivity index (χ4v) is 4.01. The van der Waals surface area contributed by atoms with E-state index in [1.807, 2.05) is 6.92 Å². The van der Waals surface area contributed by atoms with E-state index in [2.05, 4.69) is 4.90 Å². The first kappa shape index (κ1) is 22.1. The minimum atomic E-state index is -0.776. The van der Waals surface area contributed by atoms with Crippen molar-refractivity contribution in [1.29, 1.82) is 0 Å². The molecule has 3 heterocycles. The minimum absolute atomic E-state index is 0.0363. The van der Waals surface area contributed by atoms with Crippen molar-refractivity contribution in [1.82, 2.24) is 9.80 Å². The molecule has 2 aliphatic heterocycles. The Kier molecular flexibility index (Phi) is 6.92. The molecule has 0 saturated carbocycles. The maximum Gasteiger partial charge on any atom is 0.295 e. The molecule has 2 aromatic rings. The molecule has 2 fully saturated rings. The van der Waals surface area contributed by atoms with Gasteiger partial charge in [-0.1, -0.05) is 6.92 Å². The number of Topliss-reactive ketones (excluding diaryl/α,β-unsaturated/α-hetero) is 1. The van der Waals surface area contributed by atoms with E-state index in [-0.39, 0.29) is 11.3 Å². The van der Waals surface area contributed by atoms with Crippen LogP contribution in [0.25, 0.3) is 5.76 Å². The maximum absolute atomic E-state index is 13.0. The summed E-state index contributed by atoms with van der Waals surface area (Å²) in [6.45, 7) is 6.43. The van der Waals surface area contributed by atoms with Gasteiger partial charge in [0.2, 0.25) is 0 Å². The van der Waals surface area contributed by atoms with E-state index in [4.69, 9.17) is 13.9 Å². The molecule has 2 aliphatic rings. The van der Waals surface area contributed by atoms with E-state index >= 15 is 0 Å². The van der Waals surface area contributed by atoms with E-state index in [0.717, 1.165) is 19.5 Å². The molecule has 0 radical (unpaired) electrons. The topological polar surface area (TPSA) is 92.5 Å². The summed E-state index contributed by atoms with van der Waals surface area (Å²) in [5.74, 6) is -0.450. The number of carbonyl (C=O) groups excluding carboxylic acids is 2. The number of nitrogens with zero attached hydrogens (tertiary/aromatic N) is 2. The zero-order chi connectivity index (χ0) is 22.5. The third-order valence-electron chi connectivity index (χ3n) is 5.71. The Morgan fingerprint density at radius 2 is 1.88 bits per heavy atom. The monoisotopic (exact) mass is 440 g/mol. The van der Waals surface area contributed by atoms with Gasteiger partial charge in [0.05, 0.1) is 31.7 Å². The lowest BCUT2D eigenvalue weighted by Crippen LogP contribution is -2.42. The van der Waals surface area contributed by atoms with Crippen LogP contribution in [-0.2, 0) is 14.3 Å². The second-order valence-electron chi connectivity index (χ2n) is 7.83. The molecule has 0 bridgehead atoms. The SMILES string of the molecule is CCCOc1ccc(C(O)=C2C(=O)C(=O)N(CCN3CCOCC3)[C@@H]2c2ccco2)cc1. The Bertz CT molecular complexity index is 961. The number of benzene rings is 1. The summed E-state index contributed by atoms with van der Waals surface area (Å²) in [6, 6.07) is 9.48. The Balaban J connectivity index is 1.63. The number of rotatable bonds is 8. The molecule has 1 atom stereocenters. The van der Waals surface area contributed by atoms with Gasteiger partial charge in [-0.05, 0) is 42.8 Å². The van der Waals surface area contributed by atoms with Gasteiger partial charge in [0.1, 0.15) is 23.3 Å². The number of aliphatic hydroxyl groups excluding tert-OH is 1. The molecular formula is C24H28N2O6. The average Bonchev–Trinajstić information content (AvgIpc) is 3.44. The predicted octanol–water partition coefficient (Wildman–Crippen LogP) is 2.82. The molecule has 8 heteroatoms. The quantitative estimate of drug-likeness (QED) is 0.383. The van der Waals surface area contributed by atoms with Crippen molar-refractivity contribution in [3.8, 4) is 5.75 Å². The molecule has 32 heavy (non-hydrogen) atoms. The van der Waals surface area contributed by atoms with Crippen molar-refractivity contribution in [2.75, 3.05) is 46.0 Å². The van der Waals surface area contributed by atoms with E-state index in [1.54, 1.807) is 36.4 Å². The Morgan fingerprint density at radius 3 is 2.53 bits per heavy atom. The molecular weight excluding hydrogens is 412 g/mol. The normalized spacial score (nSPS) is 21.3. The largest absolute Gasteiger partial charge is 0.507 e. The number of aliphatic hydroxyl groups is 1. The highest BCUT2D eigenvalue weighted by molar-refractivity contribution is 6.46. The van der Waals surface area contributed by atoms with Crippen LogP contribution in [0.5, 0.6) is 5.75 Å². The second-order valence-corrected chi connectivity index (χ2v) is 7.83. The third kappa shape index (κ3) is 4.56. The molecule has 0 spiro atoms. The van der Waals surface area contributed by atoms with E-state index in [9.17, 15) is 14.7 Å². The molecule has 1 aromatic carbocycles. The Morgan fingerprint density at radius 1 is 1.12 bits per heavy atom. The molecule has 1 aromatic heterocycles. The van der Waals surface area contributed by atoms with Gasteiger partial charge in [0.25, 0.3) is 11.7 Å². The highest BCUT2D eigenvalue weighted by atomic mass is 16.5. The lowest BCUT2D eigenvalue weighted by molar-refractivity contribution is -0.140. The van der Waals surface area contributed by atoms with Crippen molar-refractivity contribution < 1.29 is 28.6 Å². The molecule has 1 N–H and O–H groups in total. The number of hydrogen-bond acceptors (Lipinski definition) is 7. The zero-order valence-corrected chi connectivity index (χ0v) is 18.2. The fraction of sp³-hybridized carbons (Fsp3) is 0.417. The number of hydrogen-bond donors (Lipinski definition) is 1. The van der Waals surface area contributed by atoms with Crippen molar-refractivity contribution in [2.24, 2.45) is 0 Å². The van der Waals surface area contributed by atoms with E-state index in [0.29, 0.717) is 50.0 Å². The maximum atomic E-state index is 13.0. The van der Waals surface area contributed by atoms with E-state index in [1.165, 1.54) is 11.2 Å². The molecule has 1 amide bonds. The van der Waals surface area contributed by atoms with Gasteiger partial charge < -0.3 is 23.9 Å². The van der Waals surface area contributed by atoms with Gasteiger partial charge in [0, 0.05) is 31.7 Å². The first-order valence-corrected chi connectivity index (χ1v) is 10.9. The summed E-state index contributed by atoms with van der Waals surface area (Å²) in [5.41, 5.74) is 0.478. The van der Waals surface area contributed by atoms with Gasteiger partial charge >= 0.3 is 0 Å². The molecule has 4 rings (SSSR count). The van der Waals surface area contributed by atoms with Crippen LogP contribution in [-0.4, -0.2) is 72.6 Å². The molecule has 0 aliphatic carbocycles. The number of carbonyl (C=O) groups is 2. The van der Waals surface area contributed by atoms with Crippen molar-refractivity contribution in [3.05, 3.63) is 59.6 Å². The third-order valence-corrected chi connectivity index (χ3v) is 5.71. The number of ether oxygens (including phenoxy) is 2. The number of likely N-dealkylation sites (tertiary alicyclic amines) is 1. The smallest absolute Gasteiger partial charge is 0.295 e. The van der Waals surface area contributed by atoms with Gasteiger partial charge in [-0.2, -0.15) is 0 Å². The summed E-state index contributed by atoms with van der Waals surface area (Å²) in [4.78, 5) is 29.6. The fourth-order valence-electron chi connectivity index (χ4n) is 4.01. The van der Waals surface area contributed by atoms with Crippen molar-refractivity contribution >= 4 is 17.4 Å². The summed E-state index contributed by atoms with van der Waals surface area (Å²) in [7, 11) is 0. The Hall–Kier alpha value is -3.10. The lowest BCUT2D eigenvalue weighted by Gasteiger charge is -2.30. The van der Waals surface area contributed by atoms with Gasteiger partial charge in [-0.15, -0.1) is 0 Å². The standard InChI is InChI=1S/C24H28N2O6/c1-2-13-31-18-7-5-17(6-8-18)22(27)20-21(19-4-3-14-32-19)26(24(29)23(20)28)10-9-25-11-15-30-16-12-25/h3-8,14,21,27H,2,9-13,15-16H2,1H3/t21-/m1/s1. The number of morpholine rings is 1.